The SMILES string of the molecule is CC1CCN(c2ncccc2/C=C/C(=O)O)C1. The van der Waals surface area contributed by atoms with E-state index in [0.717, 1.165) is 30.5 Å². The van der Waals surface area contributed by atoms with Crippen LogP contribution in [0.2, 0.25) is 0 Å². The predicted molar refractivity (Wildman–Crippen MR) is 66.9 cm³/mol. The van der Waals surface area contributed by atoms with E-state index in [-0.39, 0.29) is 0 Å². The number of rotatable bonds is 3. The number of aliphatic carboxylic acids is 1. The van der Waals surface area contributed by atoms with Crippen molar-refractivity contribution in [3.05, 3.63) is 30.0 Å². The van der Waals surface area contributed by atoms with Gasteiger partial charge >= 0.3 is 5.97 Å². The molecule has 4 nitrogen and oxygen atoms in total. The van der Waals surface area contributed by atoms with Crippen molar-refractivity contribution >= 4 is 17.9 Å². The number of pyridine rings is 1. The van der Waals surface area contributed by atoms with E-state index in [1.807, 2.05) is 12.1 Å². The second-order valence-electron chi connectivity index (χ2n) is 4.43. The van der Waals surface area contributed by atoms with Gasteiger partial charge in [-0.1, -0.05) is 6.92 Å². The van der Waals surface area contributed by atoms with Crippen molar-refractivity contribution in [2.75, 3.05) is 18.0 Å². The second-order valence-corrected chi connectivity index (χ2v) is 4.43. The third kappa shape index (κ3) is 2.84. The monoisotopic (exact) mass is 232 g/mol. The molecule has 1 aliphatic rings. The molecule has 1 fully saturated rings. The van der Waals surface area contributed by atoms with E-state index in [1.165, 1.54) is 6.42 Å². The van der Waals surface area contributed by atoms with Gasteiger partial charge in [-0.3, -0.25) is 0 Å². The standard InChI is InChI=1S/C13H16N2O2/c1-10-6-8-15(9-10)13-11(3-2-7-14-13)4-5-12(16)17/h2-5,7,10H,6,8-9H2,1H3,(H,16,17)/b5-4+. The second kappa shape index (κ2) is 4.99. The van der Waals surface area contributed by atoms with E-state index in [0.29, 0.717) is 5.92 Å². The number of nitrogens with zero attached hydrogens (tertiary/aromatic N) is 2. The zero-order chi connectivity index (χ0) is 12.3. The first kappa shape index (κ1) is 11.6. The molecule has 1 saturated heterocycles. The number of carboxylic acid groups (broad SMARTS) is 1. The molecule has 0 radical (unpaired) electrons. The summed E-state index contributed by atoms with van der Waals surface area (Å²) in [6.45, 7) is 4.20. The van der Waals surface area contributed by atoms with Gasteiger partial charge in [0, 0.05) is 30.9 Å². The van der Waals surface area contributed by atoms with Gasteiger partial charge in [-0.2, -0.15) is 0 Å². The summed E-state index contributed by atoms with van der Waals surface area (Å²) in [5.41, 5.74) is 0.865. The number of hydrogen-bond acceptors (Lipinski definition) is 3. The normalized spacial score (nSPS) is 20.1. The van der Waals surface area contributed by atoms with Gasteiger partial charge in [-0.05, 0) is 30.5 Å². The van der Waals surface area contributed by atoms with E-state index in [4.69, 9.17) is 5.11 Å². The molecule has 0 amide bonds. The van der Waals surface area contributed by atoms with Crippen molar-refractivity contribution in [1.29, 1.82) is 0 Å². The quantitative estimate of drug-likeness (QED) is 0.810. The molecule has 1 atom stereocenters. The topological polar surface area (TPSA) is 53.4 Å². The van der Waals surface area contributed by atoms with Crippen molar-refractivity contribution in [3.63, 3.8) is 0 Å². The van der Waals surface area contributed by atoms with Crippen LogP contribution in [0, 0.1) is 5.92 Å². The molecule has 2 heterocycles. The lowest BCUT2D eigenvalue weighted by Gasteiger charge is -2.18. The third-order valence-corrected chi connectivity index (χ3v) is 2.95. The van der Waals surface area contributed by atoms with Crippen LogP contribution in [0.25, 0.3) is 6.08 Å². The summed E-state index contributed by atoms with van der Waals surface area (Å²) in [7, 11) is 0. The minimum absolute atomic E-state index is 0.674. The lowest BCUT2D eigenvalue weighted by Crippen LogP contribution is -2.21. The lowest BCUT2D eigenvalue weighted by atomic mass is 10.2. The molecule has 1 N–H and O–H groups in total. The summed E-state index contributed by atoms with van der Waals surface area (Å²) in [6.07, 6.45) is 5.67. The molecule has 1 aliphatic heterocycles. The number of carboxylic acids is 1. The fraction of sp³-hybridized carbons (Fsp3) is 0.385. The molecule has 0 aliphatic carbocycles. The molecular weight excluding hydrogens is 216 g/mol. The smallest absolute Gasteiger partial charge is 0.328 e. The summed E-state index contributed by atoms with van der Waals surface area (Å²) in [5, 5.41) is 8.65. The molecule has 0 aromatic carbocycles. The van der Waals surface area contributed by atoms with E-state index in [2.05, 4.69) is 16.8 Å². The zero-order valence-electron chi connectivity index (χ0n) is 9.84. The van der Waals surface area contributed by atoms with E-state index in [9.17, 15) is 4.79 Å². The highest BCUT2D eigenvalue weighted by molar-refractivity contribution is 5.86. The van der Waals surface area contributed by atoms with Gasteiger partial charge in [0.1, 0.15) is 5.82 Å². The molecule has 1 aromatic rings. The van der Waals surface area contributed by atoms with E-state index in [1.54, 1.807) is 12.3 Å². The molecule has 0 spiro atoms. The Morgan fingerprint density at radius 2 is 2.47 bits per heavy atom. The molecule has 17 heavy (non-hydrogen) atoms. The molecule has 1 unspecified atom stereocenters. The first-order chi connectivity index (χ1) is 8.16. The van der Waals surface area contributed by atoms with Crippen LogP contribution in [0.15, 0.2) is 24.4 Å². The maximum atomic E-state index is 10.5. The van der Waals surface area contributed by atoms with Gasteiger partial charge < -0.3 is 10.0 Å². The Balaban J connectivity index is 2.24. The third-order valence-electron chi connectivity index (χ3n) is 2.95. The van der Waals surface area contributed by atoms with Crippen molar-refractivity contribution in [2.24, 2.45) is 5.92 Å². The van der Waals surface area contributed by atoms with Gasteiger partial charge in [0.2, 0.25) is 0 Å². The Labute approximate surface area is 101 Å². The first-order valence-electron chi connectivity index (χ1n) is 5.78. The Hall–Kier alpha value is -1.84. The van der Waals surface area contributed by atoms with Crippen LogP contribution >= 0.6 is 0 Å². The Kier molecular flexibility index (Phi) is 3.42. The highest BCUT2D eigenvalue weighted by atomic mass is 16.4. The van der Waals surface area contributed by atoms with Crippen LogP contribution in [0.4, 0.5) is 5.82 Å². The van der Waals surface area contributed by atoms with Crippen LogP contribution in [0.1, 0.15) is 18.9 Å². The Bertz CT molecular complexity index is 443. The molecule has 0 saturated carbocycles. The summed E-state index contributed by atoms with van der Waals surface area (Å²) >= 11 is 0. The molecule has 0 bridgehead atoms. The van der Waals surface area contributed by atoms with Crippen molar-refractivity contribution in [1.82, 2.24) is 4.98 Å². The average Bonchev–Trinajstić information content (AvgIpc) is 2.73. The van der Waals surface area contributed by atoms with Crippen LogP contribution in [0.5, 0.6) is 0 Å². The van der Waals surface area contributed by atoms with Gasteiger partial charge in [0.15, 0.2) is 0 Å². The number of hydrogen-bond donors (Lipinski definition) is 1. The van der Waals surface area contributed by atoms with E-state index < -0.39 is 5.97 Å². The van der Waals surface area contributed by atoms with Gasteiger partial charge in [-0.25, -0.2) is 9.78 Å². The van der Waals surface area contributed by atoms with Gasteiger partial charge in [0.25, 0.3) is 0 Å². The number of aromatic nitrogens is 1. The van der Waals surface area contributed by atoms with Gasteiger partial charge in [0.05, 0.1) is 0 Å². The molecule has 2 rings (SSSR count). The van der Waals surface area contributed by atoms with E-state index >= 15 is 0 Å². The minimum Gasteiger partial charge on any atom is -0.478 e. The summed E-state index contributed by atoms with van der Waals surface area (Å²) in [6, 6.07) is 3.72. The first-order valence-corrected chi connectivity index (χ1v) is 5.78. The summed E-state index contributed by atoms with van der Waals surface area (Å²) in [4.78, 5) is 17.1. The van der Waals surface area contributed by atoms with Crippen molar-refractivity contribution in [3.8, 4) is 0 Å². The van der Waals surface area contributed by atoms with Crippen LogP contribution in [0.3, 0.4) is 0 Å². The number of anilines is 1. The Morgan fingerprint density at radius 1 is 1.65 bits per heavy atom. The summed E-state index contributed by atoms with van der Waals surface area (Å²) in [5.74, 6) is 0.622. The fourth-order valence-corrected chi connectivity index (χ4v) is 2.09. The maximum Gasteiger partial charge on any atom is 0.328 e. The molecule has 1 aromatic heterocycles. The lowest BCUT2D eigenvalue weighted by molar-refractivity contribution is -0.131. The van der Waals surface area contributed by atoms with Crippen molar-refractivity contribution in [2.45, 2.75) is 13.3 Å². The maximum absolute atomic E-state index is 10.5. The molecule has 4 heteroatoms. The predicted octanol–water partition coefficient (Wildman–Crippen LogP) is 2.03. The Morgan fingerprint density at radius 3 is 3.12 bits per heavy atom. The highest BCUT2D eigenvalue weighted by Crippen LogP contribution is 2.25. The fourth-order valence-electron chi connectivity index (χ4n) is 2.09. The number of carbonyl (C=O) groups is 1. The molecule has 90 valence electrons. The molecular formula is C13H16N2O2. The largest absolute Gasteiger partial charge is 0.478 e. The minimum atomic E-state index is -0.936. The van der Waals surface area contributed by atoms with Crippen LogP contribution < -0.4 is 4.90 Å². The van der Waals surface area contributed by atoms with Gasteiger partial charge in [-0.15, -0.1) is 0 Å². The zero-order valence-corrected chi connectivity index (χ0v) is 9.84. The van der Waals surface area contributed by atoms with Crippen LogP contribution in [-0.4, -0.2) is 29.1 Å². The summed E-state index contributed by atoms with van der Waals surface area (Å²) < 4.78 is 0. The highest BCUT2D eigenvalue weighted by Gasteiger charge is 2.21. The average molecular weight is 232 g/mol. The van der Waals surface area contributed by atoms with Crippen molar-refractivity contribution < 1.29 is 9.90 Å². The van der Waals surface area contributed by atoms with Crippen LogP contribution in [-0.2, 0) is 4.79 Å².